The fraction of sp³-hybridized carbons (Fsp3) is 0.963. The largest absolute Gasteiger partial charge is 0.393 e. The summed E-state index contributed by atoms with van der Waals surface area (Å²) in [4.78, 5) is 15.8. The van der Waals surface area contributed by atoms with Crippen molar-refractivity contribution in [3.05, 3.63) is 0 Å². The first kappa shape index (κ1) is 24.9. The normalized spacial score (nSPS) is 41.9. The van der Waals surface area contributed by atoms with Crippen molar-refractivity contribution in [2.24, 2.45) is 23.7 Å². The maximum Gasteiger partial charge on any atom is 0.230 e. The first-order valence-electron chi connectivity index (χ1n) is 14.2. The first-order chi connectivity index (χ1) is 16.6. The van der Waals surface area contributed by atoms with Crippen LogP contribution in [-0.2, 0) is 14.3 Å². The van der Waals surface area contributed by atoms with Crippen LogP contribution < -0.4 is 5.32 Å². The minimum Gasteiger partial charge on any atom is -0.393 e. The number of amides is 1. The second-order valence-corrected chi connectivity index (χ2v) is 11.9. The van der Waals surface area contributed by atoms with Crippen molar-refractivity contribution in [3.63, 3.8) is 0 Å². The second kappa shape index (κ2) is 11.5. The Kier molecular flexibility index (Phi) is 8.47. The van der Waals surface area contributed by atoms with E-state index in [9.17, 15) is 15.0 Å². The van der Waals surface area contributed by atoms with Crippen LogP contribution >= 0.6 is 0 Å². The molecule has 194 valence electrons. The Morgan fingerprint density at radius 2 is 1.82 bits per heavy atom. The molecule has 7 nitrogen and oxygen atoms in total. The number of rotatable bonds is 6. The molecule has 5 rings (SSSR count). The zero-order chi connectivity index (χ0) is 23.5. The number of nitrogens with one attached hydrogen (secondary N) is 1. The number of ether oxygens (including phenoxy) is 2. The molecule has 0 aromatic heterocycles. The van der Waals surface area contributed by atoms with E-state index in [2.05, 4.69) is 5.32 Å². The zero-order valence-corrected chi connectivity index (χ0v) is 20.8. The van der Waals surface area contributed by atoms with E-state index in [-0.39, 0.29) is 18.4 Å². The summed E-state index contributed by atoms with van der Waals surface area (Å²) in [5.74, 6) is 1.05. The van der Waals surface area contributed by atoms with E-state index in [4.69, 9.17) is 9.47 Å². The van der Waals surface area contributed by atoms with E-state index in [0.717, 1.165) is 32.7 Å². The molecule has 5 aliphatic rings. The highest BCUT2D eigenvalue weighted by atomic mass is 16.5. The van der Waals surface area contributed by atoms with Crippen LogP contribution in [-0.4, -0.2) is 84.3 Å². The van der Waals surface area contributed by atoms with Crippen molar-refractivity contribution in [3.8, 4) is 0 Å². The minimum absolute atomic E-state index is 0.0437. The summed E-state index contributed by atoms with van der Waals surface area (Å²) < 4.78 is 12.0. The number of fused-ring (bicyclic) bond motifs is 1. The molecule has 0 aromatic carbocycles. The molecular formula is C27H46N2O5. The van der Waals surface area contributed by atoms with Gasteiger partial charge in [-0.05, 0) is 56.3 Å². The molecule has 0 bridgehead atoms. The number of hydrogen-bond acceptors (Lipinski definition) is 6. The monoisotopic (exact) mass is 478 g/mol. The third-order valence-corrected chi connectivity index (χ3v) is 9.41. The van der Waals surface area contributed by atoms with Crippen LogP contribution in [0.2, 0.25) is 0 Å². The number of carbonyl (C=O) groups is 1. The molecule has 8 unspecified atom stereocenters. The highest BCUT2D eigenvalue weighted by molar-refractivity contribution is 5.80. The Balaban J connectivity index is 1.21. The molecule has 5 fully saturated rings. The van der Waals surface area contributed by atoms with Gasteiger partial charge in [0.1, 0.15) is 0 Å². The summed E-state index contributed by atoms with van der Waals surface area (Å²) in [6, 6.07) is 0.876. The molecule has 2 heterocycles. The van der Waals surface area contributed by atoms with Crippen LogP contribution in [0.25, 0.3) is 0 Å². The summed E-state index contributed by atoms with van der Waals surface area (Å²) in [6.07, 6.45) is 11.0. The van der Waals surface area contributed by atoms with Gasteiger partial charge in [-0.2, -0.15) is 0 Å². The molecular weight excluding hydrogens is 432 g/mol. The fourth-order valence-electron chi connectivity index (χ4n) is 7.54. The predicted octanol–water partition coefficient (Wildman–Crippen LogP) is 2.48. The van der Waals surface area contributed by atoms with Crippen molar-refractivity contribution < 1.29 is 24.5 Å². The van der Waals surface area contributed by atoms with Gasteiger partial charge in [0.25, 0.3) is 0 Å². The van der Waals surface area contributed by atoms with E-state index in [0.29, 0.717) is 42.9 Å². The minimum atomic E-state index is -0.830. The Bertz CT molecular complexity index is 665. The molecule has 3 N–H and O–H groups in total. The lowest BCUT2D eigenvalue weighted by molar-refractivity contribution is -0.158. The highest BCUT2D eigenvalue weighted by Gasteiger charge is 2.48. The quantitative estimate of drug-likeness (QED) is 0.543. The summed E-state index contributed by atoms with van der Waals surface area (Å²) in [5, 5.41) is 25.1. The zero-order valence-electron chi connectivity index (χ0n) is 20.8. The molecule has 3 aliphatic carbocycles. The smallest absolute Gasteiger partial charge is 0.230 e. The molecule has 34 heavy (non-hydrogen) atoms. The van der Waals surface area contributed by atoms with E-state index < -0.39 is 18.1 Å². The van der Waals surface area contributed by atoms with Gasteiger partial charge in [-0.15, -0.1) is 0 Å². The van der Waals surface area contributed by atoms with E-state index >= 15 is 0 Å². The van der Waals surface area contributed by atoms with E-state index in [1.54, 1.807) is 0 Å². The molecule has 0 radical (unpaired) electrons. The number of aliphatic hydroxyl groups excluding tert-OH is 2. The summed E-state index contributed by atoms with van der Waals surface area (Å²) in [7, 11) is 0. The van der Waals surface area contributed by atoms with Crippen molar-refractivity contribution >= 4 is 5.91 Å². The van der Waals surface area contributed by atoms with E-state index in [1.165, 1.54) is 57.8 Å². The van der Waals surface area contributed by atoms with Crippen molar-refractivity contribution in [2.45, 2.75) is 107 Å². The average Bonchev–Trinajstić information content (AvgIpc) is 3.29. The maximum atomic E-state index is 13.8. The van der Waals surface area contributed by atoms with Gasteiger partial charge in [0.05, 0.1) is 30.8 Å². The summed E-state index contributed by atoms with van der Waals surface area (Å²) >= 11 is 0. The SMILES string of the molecule is O=C(C1C(O)CC(O)CC1OCC1CCCCC1)N1CC2CCCC(NC3CCCOC3)C2C1. The molecule has 1 amide bonds. The standard InChI is InChI=1S/C27H46N2O5/c30-21-12-24(31)26(25(13-21)34-16-18-6-2-1-3-7-18)27(32)29-14-19-8-4-10-23(22(19)15-29)28-20-9-5-11-33-17-20/h18-26,28,30-31H,1-17H2. The molecule has 8 atom stereocenters. The van der Waals surface area contributed by atoms with Crippen molar-refractivity contribution in [1.82, 2.24) is 10.2 Å². The van der Waals surface area contributed by atoms with Gasteiger partial charge in [-0.25, -0.2) is 0 Å². The second-order valence-electron chi connectivity index (χ2n) is 11.9. The maximum absolute atomic E-state index is 13.8. The molecule has 2 aliphatic heterocycles. The van der Waals surface area contributed by atoms with Crippen molar-refractivity contribution in [1.29, 1.82) is 0 Å². The molecule has 0 spiro atoms. The number of likely N-dealkylation sites (tertiary alicyclic amines) is 1. The Hall–Kier alpha value is -0.730. The number of aliphatic hydroxyl groups is 2. The number of carbonyl (C=O) groups excluding carboxylic acids is 1. The highest BCUT2D eigenvalue weighted by Crippen LogP contribution is 2.39. The van der Waals surface area contributed by atoms with Crippen LogP contribution in [0.1, 0.15) is 77.0 Å². The van der Waals surface area contributed by atoms with Gasteiger partial charge in [0, 0.05) is 51.2 Å². The first-order valence-corrected chi connectivity index (χ1v) is 14.2. The van der Waals surface area contributed by atoms with Gasteiger partial charge in [-0.3, -0.25) is 4.79 Å². The van der Waals surface area contributed by atoms with Crippen LogP contribution in [0, 0.1) is 23.7 Å². The number of hydrogen-bond donors (Lipinski definition) is 3. The van der Waals surface area contributed by atoms with Crippen LogP contribution in [0.4, 0.5) is 0 Å². The number of nitrogens with zero attached hydrogens (tertiary/aromatic N) is 1. The van der Waals surface area contributed by atoms with E-state index in [1.807, 2.05) is 4.90 Å². The van der Waals surface area contributed by atoms with Gasteiger partial charge < -0.3 is 29.9 Å². The summed E-state index contributed by atoms with van der Waals surface area (Å²) in [5.41, 5.74) is 0. The average molecular weight is 479 g/mol. The van der Waals surface area contributed by atoms with Crippen LogP contribution in [0.15, 0.2) is 0 Å². The lowest BCUT2D eigenvalue weighted by atomic mass is 9.77. The third kappa shape index (κ3) is 5.80. The molecule has 7 heteroatoms. The van der Waals surface area contributed by atoms with Gasteiger partial charge in [-0.1, -0.05) is 25.7 Å². The Morgan fingerprint density at radius 1 is 0.971 bits per heavy atom. The third-order valence-electron chi connectivity index (χ3n) is 9.41. The molecule has 2 saturated heterocycles. The Labute approximate surface area is 204 Å². The Morgan fingerprint density at radius 3 is 2.62 bits per heavy atom. The van der Waals surface area contributed by atoms with Crippen LogP contribution in [0.5, 0.6) is 0 Å². The van der Waals surface area contributed by atoms with Gasteiger partial charge in [0.15, 0.2) is 0 Å². The topological polar surface area (TPSA) is 91.3 Å². The molecule has 3 saturated carbocycles. The van der Waals surface area contributed by atoms with Gasteiger partial charge >= 0.3 is 0 Å². The lowest BCUT2D eigenvalue weighted by Gasteiger charge is -2.39. The fourth-order valence-corrected chi connectivity index (χ4v) is 7.54. The lowest BCUT2D eigenvalue weighted by Crippen LogP contribution is -2.52. The van der Waals surface area contributed by atoms with Gasteiger partial charge in [0.2, 0.25) is 5.91 Å². The predicted molar refractivity (Wildman–Crippen MR) is 129 cm³/mol. The van der Waals surface area contributed by atoms with Crippen LogP contribution in [0.3, 0.4) is 0 Å². The summed E-state index contributed by atoms with van der Waals surface area (Å²) in [6.45, 7) is 3.89. The van der Waals surface area contributed by atoms with Crippen molar-refractivity contribution in [2.75, 3.05) is 32.9 Å². The molecule has 0 aromatic rings.